The summed E-state index contributed by atoms with van der Waals surface area (Å²) in [5.74, 6) is 0.757. The molecule has 1 aromatic carbocycles. The Morgan fingerprint density at radius 2 is 2.05 bits per heavy atom. The van der Waals surface area contributed by atoms with E-state index in [1.807, 2.05) is 36.7 Å². The zero-order chi connectivity index (χ0) is 14.4. The van der Waals surface area contributed by atoms with E-state index in [2.05, 4.69) is 6.07 Å². The van der Waals surface area contributed by atoms with Gasteiger partial charge in [0.25, 0.3) is 0 Å². The first-order valence-corrected chi connectivity index (χ1v) is 6.72. The molecule has 0 fully saturated rings. The molecule has 0 saturated carbocycles. The molecule has 0 radical (unpaired) electrons. The SMILES string of the molecule is CCCl.CCn1cc(C(C)=O)c2cccc(C#N)c21. The summed E-state index contributed by atoms with van der Waals surface area (Å²) >= 11 is 5.00. The van der Waals surface area contributed by atoms with Crippen LogP contribution >= 0.6 is 11.6 Å². The van der Waals surface area contributed by atoms with Gasteiger partial charge in [0.2, 0.25) is 0 Å². The number of carbonyl (C=O) groups is 1. The Hall–Kier alpha value is -1.79. The van der Waals surface area contributed by atoms with Gasteiger partial charge in [0, 0.05) is 29.6 Å². The number of aryl methyl sites for hydroxylation is 1. The Morgan fingerprint density at radius 1 is 1.42 bits per heavy atom. The number of fused-ring (bicyclic) bond motifs is 1. The van der Waals surface area contributed by atoms with E-state index in [9.17, 15) is 4.79 Å². The molecule has 0 unspecified atom stereocenters. The van der Waals surface area contributed by atoms with Crippen molar-refractivity contribution in [1.82, 2.24) is 4.57 Å². The molecule has 19 heavy (non-hydrogen) atoms. The summed E-state index contributed by atoms with van der Waals surface area (Å²) in [6.45, 7) is 6.19. The maximum atomic E-state index is 11.5. The van der Waals surface area contributed by atoms with Crippen molar-refractivity contribution in [3.05, 3.63) is 35.5 Å². The summed E-state index contributed by atoms with van der Waals surface area (Å²) in [6, 6.07) is 7.64. The van der Waals surface area contributed by atoms with Crippen LogP contribution < -0.4 is 0 Å². The third kappa shape index (κ3) is 3.15. The largest absolute Gasteiger partial charge is 0.346 e. The number of halogens is 1. The lowest BCUT2D eigenvalue weighted by Crippen LogP contribution is -1.93. The fourth-order valence-electron chi connectivity index (χ4n) is 1.98. The maximum Gasteiger partial charge on any atom is 0.161 e. The highest BCUT2D eigenvalue weighted by atomic mass is 35.5. The van der Waals surface area contributed by atoms with Crippen LogP contribution in [0, 0.1) is 11.3 Å². The Labute approximate surface area is 118 Å². The summed E-state index contributed by atoms with van der Waals surface area (Å²) in [5.41, 5.74) is 2.17. The molecule has 0 aliphatic carbocycles. The Balaban J connectivity index is 0.000000550. The number of hydrogen-bond acceptors (Lipinski definition) is 2. The number of rotatable bonds is 2. The van der Waals surface area contributed by atoms with Crippen LogP contribution in [0.25, 0.3) is 10.9 Å². The molecule has 0 spiro atoms. The molecule has 0 atom stereocenters. The molecule has 1 aromatic heterocycles. The van der Waals surface area contributed by atoms with Crippen LogP contribution in [0.3, 0.4) is 0 Å². The van der Waals surface area contributed by atoms with Crippen LogP contribution in [0.2, 0.25) is 0 Å². The Bertz CT molecular complexity index is 623. The monoisotopic (exact) mass is 276 g/mol. The molecule has 1 heterocycles. The smallest absolute Gasteiger partial charge is 0.161 e. The molecule has 0 N–H and O–H groups in total. The molecule has 0 aliphatic rings. The van der Waals surface area contributed by atoms with Crippen LogP contribution in [0.15, 0.2) is 24.4 Å². The van der Waals surface area contributed by atoms with E-state index in [0.29, 0.717) is 11.1 Å². The van der Waals surface area contributed by atoms with E-state index < -0.39 is 0 Å². The summed E-state index contributed by atoms with van der Waals surface area (Å²) < 4.78 is 1.95. The van der Waals surface area contributed by atoms with E-state index in [-0.39, 0.29) is 5.78 Å². The lowest BCUT2D eigenvalue weighted by Gasteiger charge is -2.01. The van der Waals surface area contributed by atoms with E-state index in [4.69, 9.17) is 16.9 Å². The van der Waals surface area contributed by atoms with Crippen molar-refractivity contribution in [2.75, 3.05) is 5.88 Å². The molecule has 0 saturated heterocycles. The molecule has 0 bridgehead atoms. The molecular weight excluding hydrogens is 260 g/mol. The molecule has 100 valence electrons. The number of aromatic nitrogens is 1. The first-order valence-electron chi connectivity index (χ1n) is 6.19. The zero-order valence-corrected chi connectivity index (χ0v) is 12.2. The standard InChI is InChI=1S/C13H12N2O.C2H5Cl/c1-3-15-8-12(9(2)16)11-6-4-5-10(7-14)13(11)15;1-2-3/h4-6,8H,3H2,1-2H3;2H2,1H3. The second-order valence-corrected chi connectivity index (χ2v) is 4.50. The van der Waals surface area contributed by atoms with Crippen molar-refractivity contribution < 1.29 is 4.79 Å². The molecule has 4 heteroatoms. The number of nitriles is 1. The topological polar surface area (TPSA) is 45.8 Å². The van der Waals surface area contributed by atoms with Crippen LogP contribution in [0.5, 0.6) is 0 Å². The Kier molecular flexibility index (Phi) is 5.59. The van der Waals surface area contributed by atoms with Crippen molar-refractivity contribution >= 4 is 28.3 Å². The van der Waals surface area contributed by atoms with Gasteiger partial charge in [0.15, 0.2) is 5.78 Å². The fourth-order valence-corrected chi connectivity index (χ4v) is 1.98. The third-order valence-corrected chi connectivity index (χ3v) is 2.74. The number of alkyl halides is 1. The predicted octanol–water partition coefficient (Wildman–Crippen LogP) is 3.98. The number of nitrogens with zero attached hydrogens (tertiary/aromatic N) is 2. The van der Waals surface area contributed by atoms with Gasteiger partial charge < -0.3 is 4.57 Å². The zero-order valence-electron chi connectivity index (χ0n) is 11.4. The molecule has 2 rings (SSSR count). The predicted molar refractivity (Wildman–Crippen MR) is 78.7 cm³/mol. The highest BCUT2D eigenvalue weighted by molar-refractivity contribution is 6.17. The molecule has 0 amide bonds. The van der Waals surface area contributed by atoms with Gasteiger partial charge in [-0.15, -0.1) is 11.6 Å². The lowest BCUT2D eigenvalue weighted by molar-refractivity contribution is 0.101. The average molecular weight is 277 g/mol. The number of para-hydroxylation sites is 1. The number of carbonyl (C=O) groups excluding carboxylic acids is 1. The van der Waals surface area contributed by atoms with Gasteiger partial charge in [0.05, 0.1) is 11.1 Å². The normalized spacial score (nSPS) is 9.63. The summed E-state index contributed by atoms with van der Waals surface area (Å²) in [6.07, 6.45) is 1.83. The molecule has 3 nitrogen and oxygen atoms in total. The van der Waals surface area contributed by atoms with Crippen molar-refractivity contribution in [2.45, 2.75) is 27.3 Å². The number of benzene rings is 1. The second kappa shape index (κ2) is 6.96. The van der Waals surface area contributed by atoms with Crippen molar-refractivity contribution in [3.8, 4) is 6.07 Å². The summed E-state index contributed by atoms with van der Waals surface area (Å²) in [7, 11) is 0. The van der Waals surface area contributed by atoms with Crippen LogP contribution in [0.1, 0.15) is 36.7 Å². The highest BCUT2D eigenvalue weighted by Crippen LogP contribution is 2.24. The Morgan fingerprint density at radius 3 is 2.53 bits per heavy atom. The third-order valence-electron chi connectivity index (χ3n) is 2.74. The first-order chi connectivity index (χ1) is 9.10. The number of ketones is 1. The van der Waals surface area contributed by atoms with Gasteiger partial charge in [-0.25, -0.2) is 0 Å². The first kappa shape index (κ1) is 15.3. The average Bonchev–Trinajstić information content (AvgIpc) is 2.78. The second-order valence-electron chi connectivity index (χ2n) is 3.97. The van der Waals surface area contributed by atoms with Gasteiger partial charge in [-0.05, 0) is 19.9 Å². The van der Waals surface area contributed by atoms with Gasteiger partial charge in [-0.2, -0.15) is 5.26 Å². The van der Waals surface area contributed by atoms with Crippen molar-refractivity contribution in [2.24, 2.45) is 0 Å². The van der Waals surface area contributed by atoms with Gasteiger partial charge in [-0.1, -0.05) is 19.1 Å². The summed E-state index contributed by atoms with van der Waals surface area (Å²) in [5, 5.41) is 9.92. The fraction of sp³-hybridized carbons (Fsp3) is 0.333. The van der Waals surface area contributed by atoms with E-state index in [1.165, 1.54) is 0 Å². The maximum absolute atomic E-state index is 11.5. The molecule has 2 aromatic rings. The van der Waals surface area contributed by atoms with E-state index >= 15 is 0 Å². The highest BCUT2D eigenvalue weighted by Gasteiger charge is 2.13. The van der Waals surface area contributed by atoms with Crippen LogP contribution in [-0.4, -0.2) is 16.2 Å². The van der Waals surface area contributed by atoms with Crippen molar-refractivity contribution in [3.63, 3.8) is 0 Å². The van der Waals surface area contributed by atoms with E-state index in [0.717, 1.165) is 23.3 Å². The molecular formula is C15H17ClN2O. The summed E-state index contributed by atoms with van der Waals surface area (Å²) in [4.78, 5) is 11.5. The quantitative estimate of drug-likeness (QED) is 0.615. The van der Waals surface area contributed by atoms with Gasteiger partial charge >= 0.3 is 0 Å². The molecule has 0 aliphatic heterocycles. The van der Waals surface area contributed by atoms with E-state index in [1.54, 1.807) is 13.0 Å². The lowest BCUT2D eigenvalue weighted by atomic mass is 10.1. The minimum atomic E-state index is 0.0345. The van der Waals surface area contributed by atoms with Gasteiger partial charge in [-0.3, -0.25) is 4.79 Å². The van der Waals surface area contributed by atoms with Crippen molar-refractivity contribution in [1.29, 1.82) is 5.26 Å². The minimum absolute atomic E-state index is 0.0345. The minimum Gasteiger partial charge on any atom is -0.346 e. The van der Waals surface area contributed by atoms with Crippen LogP contribution in [-0.2, 0) is 6.54 Å². The number of hydrogen-bond donors (Lipinski definition) is 0. The van der Waals surface area contributed by atoms with Gasteiger partial charge in [0.1, 0.15) is 6.07 Å². The van der Waals surface area contributed by atoms with Crippen LogP contribution in [0.4, 0.5) is 0 Å². The number of Topliss-reactive ketones (excluding diaryl/α,β-unsaturated/α-hetero) is 1.